The van der Waals surface area contributed by atoms with Gasteiger partial charge in [0.05, 0.1) is 18.6 Å². The van der Waals surface area contributed by atoms with Gasteiger partial charge in [-0.3, -0.25) is 9.59 Å². The molecule has 1 atom stereocenters. The lowest BCUT2D eigenvalue weighted by atomic mass is 9.86. The number of pyridine rings is 1. The first kappa shape index (κ1) is 19.5. The maximum Gasteiger partial charge on any atom is 0.573 e. The summed E-state index contributed by atoms with van der Waals surface area (Å²) in [6.07, 6.45) is -3.97. The number of carbonyl (C=O) groups excluding carboxylic acids is 2. The molecule has 0 bridgehead atoms. The Kier molecular flexibility index (Phi) is 5.12. The lowest BCUT2D eigenvalue weighted by molar-refractivity contribution is -0.274. The van der Waals surface area contributed by atoms with Gasteiger partial charge in [0.15, 0.2) is 5.75 Å². The van der Waals surface area contributed by atoms with Gasteiger partial charge in [-0.1, -0.05) is 12.1 Å². The van der Waals surface area contributed by atoms with Crippen molar-refractivity contribution in [3.8, 4) is 11.5 Å². The van der Waals surface area contributed by atoms with Crippen LogP contribution in [0.3, 0.4) is 0 Å². The second-order valence-corrected chi connectivity index (χ2v) is 5.84. The number of ether oxygens (including phenoxy) is 3. The zero-order chi connectivity index (χ0) is 20.5. The molecule has 0 amide bonds. The minimum absolute atomic E-state index is 0.0228. The van der Waals surface area contributed by atoms with E-state index in [4.69, 9.17) is 9.47 Å². The summed E-state index contributed by atoms with van der Waals surface area (Å²) in [5, 5.41) is 0. The lowest BCUT2D eigenvalue weighted by Gasteiger charge is -2.25. The monoisotopic (exact) mass is 397 g/mol. The van der Waals surface area contributed by atoms with Gasteiger partial charge in [0.1, 0.15) is 11.3 Å². The average Bonchev–Trinajstić information content (AvgIpc) is 2.60. The van der Waals surface area contributed by atoms with Gasteiger partial charge in [-0.2, -0.15) is 0 Å². The SMILES string of the molecule is CCOC(=O)c1c[nH]c(=O)c2c1OC(=O)C[C@@H]2c1ccc(OC(F)(F)F)cc1. The number of nitrogens with one attached hydrogen (secondary N) is 1. The average molecular weight is 397 g/mol. The molecule has 1 N–H and O–H groups in total. The summed E-state index contributed by atoms with van der Waals surface area (Å²) in [4.78, 5) is 38.9. The molecule has 1 aliphatic heterocycles. The Morgan fingerprint density at radius 2 is 1.93 bits per heavy atom. The van der Waals surface area contributed by atoms with Gasteiger partial charge in [-0.25, -0.2) is 4.79 Å². The molecule has 0 saturated heterocycles. The van der Waals surface area contributed by atoms with E-state index >= 15 is 0 Å². The fourth-order valence-corrected chi connectivity index (χ4v) is 2.93. The van der Waals surface area contributed by atoms with Crippen molar-refractivity contribution in [2.24, 2.45) is 0 Å². The van der Waals surface area contributed by atoms with Crippen molar-refractivity contribution in [3.05, 3.63) is 57.5 Å². The number of alkyl halides is 3. The molecule has 148 valence electrons. The highest BCUT2D eigenvalue weighted by molar-refractivity contribution is 5.94. The van der Waals surface area contributed by atoms with Crippen LogP contribution in [0.15, 0.2) is 35.3 Å². The van der Waals surface area contributed by atoms with Crippen LogP contribution in [0.2, 0.25) is 0 Å². The Bertz CT molecular complexity index is 965. The number of hydrogen-bond donors (Lipinski definition) is 1. The van der Waals surface area contributed by atoms with E-state index in [9.17, 15) is 27.6 Å². The maximum atomic E-state index is 12.4. The largest absolute Gasteiger partial charge is 0.573 e. The summed E-state index contributed by atoms with van der Waals surface area (Å²) in [5.74, 6) is -2.93. The molecule has 2 aromatic rings. The van der Waals surface area contributed by atoms with Crippen molar-refractivity contribution < 1.29 is 37.0 Å². The normalized spacial score (nSPS) is 16.1. The number of hydrogen-bond acceptors (Lipinski definition) is 6. The predicted octanol–water partition coefficient (Wildman–Crippen LogP) is 2.89. The number of rotatable bonds is 4. The van der Waals surface area contributed by atoms with Crippen LogP contribution in [-0.2, 0) is 9.53 Å². The van der Waals surface area contributed by atoms with E-state index in [0.717, 1.165) is 18.3 Å². The van der Waals surface area contributed by atoms with E-state index in [1.54, 1.807) is 6.92 Å². The maximum absolute atomic E-state index is 12.4. The quantitative estimate of drug-likeness (QED) is 0.798. The summed E-state index contributed by atoms with van der Waals surface area (Å²) < 4.78 is 50.8. The molecule has 0 aliphatic carbocycles. The molecule has 10 heteroatoms. The summed E-state index contributed by atoms with van der Waals surface area (Å²) in [5.41, 5.74) is -0.295. The number of carbonyl (C=O) groups is 2. The minimum atomic E-state index is -4.84. The van der Waals surface area contributed by atoms with Crippen molar-refractivity contribution in [1.82, 2.24) is 4.98 Å². The molecular weight excluding hydrogens is 383 g/mol. The summed E-state index contributed by atoms with van der Waals surface area (Å²) in [6, 6.07) is 4.77. The molecule has 0 saturated carbocycles. The molecule has 0 spiro atoms. The molecule has 0 fully saturated rings. The molecule has 0 radical (unpaired) electrons. The first-order valence-corrected chi connectivity index (χ1v) is 8.18. The molecule has 2 heterocycles. The molecule has 1 aliphatic rings. The van der Waals surface area contributed by atoms with Gasteiger partial charge in [-0.15, -0.1) is 13.2 Å². The number of H-pyrrole nitrogens is 1. The molecular formula is C18H14F3NO6. The van der Waals surface area contributed by atoms with Crippen LogP contribution < -0.4 is 15.0 Å². The van der Waals surface area contributed by atoms with Crippen LogP contribution in [0.1, 0.15) is 40.7 Å². The van der Waals surface area contributed by atoms with E-state index in [1.807, 2.05) is 0 Å². The number of aromatic nitrogens is 1. The van der Waals surface area contributed by atoms with E-state index in [2.05, 4.69) is 9.72 Å². The van der Waals surface area contributed by atoms with E-state index < -0.39 is 35.5 Å². The van der Waals surface area contributed by atoms with E-state index in [0.29, 0.717) is 5.56 Å². The van der Waals surface area contributed by atoms with Crippen LogP contribution in [0.25, 0.3) is 0 Å². The van der Waals surface area contributed by atoms with Crippen molar-refractivity contribution >= 4 is 11.9 Å². The Labute approximate surface area is 156 Å². The van der Waals surface area contributed by atoms with Crippen LogP contribution in [0, 0.1) is 0 Å². The first-order chi connectivity index (χ1) is 13.2. The predicted molar refractivity (Wildman–Crippen MR) is 88.2 cm³/mol. The number of halogens is 3. The Balaban J connectivity index is 2.04. The van der Waals surface area contributed by atoms with Gasteiger partial charge < -0.3 is 19.2 Å². The Hall–Kier alpha value is -3.30. The number of fused-ring (bicyclic) bond motifs is 1. The highest BCUT2D eigenvalue weighted by atomic mass is 19.4. The Morgan fingerprint density at radius 3 is 2.54 bits per heavy atom. The third kappa shape index (κ3) is 4.00. The van der Waals surface area contributed by atoms with E-state index in [1.165, 1.54) is 12.1 Å². The Morgan fingerprint density at radius 1 is 1.25 bits per heavy atom. The molecule has 0 unspecified atom stereocenters. The lowest BCUT2D eigenvalue weighted by Crippen LogP contribution is -2.30. The van der Waals surface area contributed by atoms with Crippen LogP contribution >= 0.6 is 0 Å². The number of aromatic amines is 1. The van der Waals surface area contributed by atoms with Crippen molar-refractivity contribution in [2.45, 2.75) is 25.6 Å². The second kappa shape index (κ2) is 7.37. The zero-order valence-corrected chi connectivity index (χ0v) is 14.5. The minimum Gasteiger partial charge on any atom is -0.462 e. The summed E-state index contributed by atoms with van der Waals surface area (Å²) >= 11 is 0. The van der Waals surface area contributed by atoms with Crippen LogP contribution in [-0.4, -0.2) is 29.9 Å². The third-order valence-corrected chi connectivity index (χ3v) is 4.03. The van der Waals surface area contributed by atoms with Gasteiger partial charge in [0, 0.05) is 12.1 Å². The molecule has 1 aromatic carbocycles. The first-order valence-electron chi connectivity index (χ1n) is 8.18. The highest BCUT2D eigenvalue weighted by Crippen LogP contribution is 2.39. The van der Waals surface area contributed by atoms with Gasteiger partial charge in [0.25, 0.3) is 5.56 Å². The zero-order valence-electron chi connectivity index (χ0n) is 14.5. The van der Waals surface area contributed by atoms with Crippen LogP contribution in [0.5, 0.6) is 11.5 Å². The third-order valence-electron chi connectivity index (χ3n) is 4.03. The number of benzene rings is 1. The highest BCUT2D eigenvalue weighted by Gasteiger charge is 2.35. The summed E-state index contributed by atoms with van der Waals surface area (Å²) in [7, 11) is 0. The van der Waals surface area contributed by atoms with E-state index in [-0.39, 0.29) is 29.9 Å². The molecule has 1 aromatic heterocycles. The van der Waals surface area contributed by atoms with Crippen LogP contribution in [0.4, 0.5) is 13.2 Å². The van der Waals surface area contributed by atoms with Gasteiger partial charge in [-0.05, 0) is 24.6 Å². The number of esters is 2. The van der Waals surface area contributed by atoms with Crippen molar-refractivity contribution in [1.29, 1.82) is 0 Å². The van der Waals surface area contributed by atoms with Crippen molar-refractivity contribution in [2.75, 3.05) is 6.61 Å². The fraction of sp³-hybridized carbons (Fsp3) is 0.278. The standard InChI is InChI=1S/C18H14F3NO6/c1-2-26-17(25)12-8-22-16(24)14-11(7-13(23)27-15(12)14)9-3-5-10(6-4-9)28-18(19,20)21/h3-6,8,11H,2,7H2,1H3,(H,22,24)/t11-/m1/s1. The fourth-order valence-electron chi connectivity index (χ4n) is 2.93. The topological polar surface area (TPSA) is 94.7 Å². The van der Waals surface area contributed by atoms with Gasteiger partial charge >= 0.3 is 18.3 Å². The van der Waals surface area contributed by atoms with Gasteiger partial charge in [0.2, 0.25) is 0 Å². The molecule has 3 rings (SSSR count). The second-order valence-electron chi connectivity index (χ2n) is 5.84. The molecule has 28 heavy (non-hydrogen) atoms. The smallest absolute Gasteiger partial charge is 0.462 e. The van der Waals surface area contributed by atoms with Crippen molar-refractivity contribution in [3.63, 3.8) is 0 Å². The molecule has 7 nitrogen and oxygen atoms in total. The summed E-state index contributed by atoms with van der Waals surface area (Å²) in [6.45, 7) is 1.67.